The molecule has 0 saturated carbocycles. The van der Waals surface area contributed by atoms with Crippen molar-refractivity contribution in [1.82, 2.24) is 10.6 Å². The number of hydrogen-bond acceptors (Lipinski definition) is 2. The Kier molecular flexibility index (Phi) is 5.70. The van der Waals surface area contributed by atoms with Gasteiger partial charge >= 0.3 is 12.0 Å². The van der Waals surface area contributed by atoms with E-state index in [1.54, 1.807) is 27.7 Å². The smallest absolute Gasteiger partial charge is 0.315 e. The van der Waals surface area contributed by atoms with Crippen LogP contribution in [0.1, 0.15) is 40.5 Å². The average Bonchev–Trinajstić information content (AvgIpc) is 2.30. The zero-order chi connectivity index (χ0) is 14.4. The fourth-order valence-electron chi connectivity index (χ4n) is 1.49. The Morgan fingerprint density at radius 3 is 2.11 bits per heavy atom. The van der Waals surface area contributed by atoms with E-state index < -0.39 is 23.0 Å². The van der Waals surface area contributed by atoms with Crippen molar-refractivity contribution < 1.29 is 14.7 Å². The highest BCUT2D eigenvalue weighted by Crippen LogP contribution is 2.25. The van der Waals surface area contributed by atoms with Crippen LogP contribution in [0.5, 0.6) is 0 Å². The molecule has 5 heteroatoms. The van der Waals surface area contributed by atoms with Crippen LogP contribution >= 0.6 is 0 Å². The van der Waals surface area contributed by atoms with Gasteiger partial charge in [0.15, 0.2) is 0 Å². The van der Waals surface area contributed by atoms with Gasteiger partial charge in [0, 0.05) is 6.54 Å². The molecule has 0 radical (unpaired) electrons. The molecule has 5 nitrogen and oxygen atoms in total. The van der Waals surface area contributed by atoms with Crippen molar-refractivity contribution in [2.75, 3.05) is 6.54 Å². The first kappa shape index (κ1) is 16.3. The molecule has 0 aromatic carbocycles. The zero-order valence-corrected chi connectivity index (χ0v) is 11.5. The molecule has 18 heavy (non-hydrogen) atoms. The molecule has 0 saturated heterocycles. The van der Waals surface area contributed by atoms with E-state index in [4.69, 9.17) is 6.42 Å². The van der Waals surface area contributed by atoms with Gasteiger partial charge in [0.1, 0.15) is 0 Å². The van der Waals surface area contributed by atoms with Gasteiger partial charge in [0.2, 0.25) is 0 Å². The van der Waals surface area contributed by atoms with E-state index in [2.05, 4.69) is 16.6 Å². The third-order valence-electron chi connectivity index (χ3n) is 3.18. The first-order valence-electron chi connectivity index (χ1n) is 6.00. The second-order valence-corrected chi connectivity index (χ2v) is 4.87. The summed E-state index contributed by atoms with van der Waals surface area (Å²) in [5.41, 5.74) is -1.67. The van der Waals surface area contributed by atoms with Crippen LogP contribution in [0.3, 0.4) is 0 Å². The van der Waals surface area contributed by atoms with Gasteiger partial charge in [-0.1, -0.05) is 19.8 Å². The van der Waals surface area contributed by atoms with Crippen LogP contribution in [0, 0.1) is 17.8 Å². The van der Waals surface area contributed by atoms with Crippen molar-refractivity contribution in [2.24, 2.45) is 5.41 Å². The Morgan fingerprint density at radius 1 is 1.28 bits per heavy atom. The molecular weight excluding hydrogens is 232 g/mol. The summed E-state index contributed by atoms with van der Waals surface area (Å²) in [7, 11) is 0. The molecule has 0 rings (SSSR count). The highest BCUT2D eigenvalue weighted by atomic mass is 16.4. The summed E-state index contributed by atoms with van der Waals surface area (Å²) in [5, 5.41) is 14.4. The zero-order valence-electron chi connectivity index (χ0n) is 11.5. The van der Waals surface area contributed by atoms with Gasteiger partial charge in [-0.05, 0) is 26.7 Å². The predicted molar refractivity (Wildman–Crippen MR) is 70.1 cm³/mol. The van der Waals surface area contributed by atoms with Gasteiger partial charge in [0.05, 0.1) is 11.0 Å². The van der Waals surface area contributed by atoms with Gasteiger partial charge in [-0.3, -0.25) is 4.79 Å². The number of urea groups is 1. The summed E-state index contributed by atoms with van der Waals surface area (Å²) < 4.78 is 0. The van der Waals surface area contributed by atoms with Gasteiger partial charge < -0.3 is 15.7 Å². The maximum absolute atomic E-state index is 11.6. The highest BCUT2D eigenvalue weighted by molar-refractivity contribution is 5.78. The topological polar surface area (TPSA) is 78.4 Å². The monoisotopic (exact) mass is 254 g/mol. The number of amides is 2. The third kappa shape index (κ3) is 4.28. The number of hydrogen-bond donors (Lipinski definition) is 3. The van der Waals surface area contributed by atoms with Gasteiger partial charge in [-0.25, -0.2) is 4.79 Å². The van der Waals surface area contributed by atoms with Crippen molar-refractivity contribution in [3.8, 4) is 12.3 Å². The van der Waals surface area contributed by atoms with Crippen molar-refractivity contribution in [1.29, 1.82) is 0 Å². The molecule has 0 aromatic heterocycles. The number of carbonyl (C=O) groups is 2. The molecule has 0 aliphatic heterocycles. The van der Waals surface area contributed by atoms with Crippen LogP contribution in [0.2, 0.25) is 0 Å². The normalized spacial score (nSPS) is 11.5. The van der Waals surface area contributed by atoms with Crippen LogP contribution in [0.15, 0.2) is 0 Å². The minimum absolute atomic E-state index is 0.0851. The minimum Gasteiger partial charge on any atom is -0.481 e. The standard InChI is InChI=1S/C13H22N2O3/c1-6-12(4,5)15-11(18)14-9-13(7-2,8-3)10(16)17/h1H,7-9H2,2-5H3,(H,16,17)(H2,14,15,18). The summed E-state index contributed by atoms with van der Waals surface area (Å²) in [5.74, 6) is 1.53. The molecule has 0 unspecified atom stereocenters. The Hall–Kier alpha value is -1.70. The minimum atomic E-state index is -0.919. The number of rotatable bonds is 6. The number of aliphatic carboxylic acids is 1. The fraction of sp³-hybridized carbons (Fsp3) is 0.692. The van der Waals surface area contributed by atoms with Crippen LogP contribution in [-0.2, 0) is 4.79 Å². The predicted octanol–water partition coefficient (Wildman–Crippen LogP) is 1.59. The first-order chi connectivity index (χ1) is 8.23. The van der Waals surface area contributed by atoms with Crippen molar-refractivity contribution in [3.63, 3.8) is 0 Å². The van der Waals surface area contributed by atoms with Gasteiger partial charge in [0.25, 0.3) is 0 Å². The Labute approximate surface area is 108 Å². The summed E-state index contributed by atoms with van der Waals surface area (Å²) in [4.78, 5) is 22.8. The number of carboxylic acid groups (broad SMARTS) is 1. The Morgan fingerprint density at radius 2 is 1.78 bits per heavy atom. The first-order valence-corrected chi connectivity index (χ1v) is 6.00. The quantitative estimate of drug-likeness (QED) is 0.630. The lowest BCUT2D eigenvalue weighted by Crippen LogP contribution is -2.51. The van der Waals surface area contributed by atoms with E-state index in [-0.39, 0.29) is 6.54 Å². The maximum atomic E-state index is 11.6. The third-order valence-corrected chi connectivity index (χ3v) is 3.18. The largest absolute Gasteiger partial charge is 0.481 e. The molecule has 0 heterocycles. The lowest BCUT2D eigenvalue weighted by Gasteiger charge is -2.28. The number of nitrogens with one attached hydrogen (secondary N) is 2. The van der Waals surface area contributed by atoms with Gasteiger partial charge in [-0.15, -0.1) is 6.42 Å². The molecule has 102 valence electrons. The lowest BCUT2D eigenvalue weighted by molar-refractivity contribution is -0.149. The SMILES string of the molecule is C#CC(C)(C)NC(=O)NCC(CC)(CC)C(=O)O. The molecular formula is C13H22N2O3. The number of terminal acetylenes is 1. The molecule has 2 amide bonds. The van der Waals surface area contributed by atoms with Crippen molar-refractivity contribution in [3.05, 3.63) is 0 Å². The van der Waals surface area contributed by atoms with Crippen LogP contribution < -0.4 is 10.6 Å². The molecule has 0 bridgehead atoms. The molecule has 0 spiro atoms. The van der Waals surface area contributed by atoms with E-state index in [1.807, 2.05) is 0 Å². The van der Waals surface area contributed by atoms with Crippen LogP contribution in [0.25, 0.3) is 0 Å². The van der Waals surface area contributed by atoms with Crippen LogP contribution in [0.4, 0.5) is 4.79 Å². The number of carbonyl (C=O) groups excluding carboxylic acids is 1. The van der Waals surface area contributed by atoms with Gasteiger partial charge in [-0.2, -0.15) is 0 Å². The van der Waals surface area contributed by atoms with E-state index in [9.17, 15) is 14.7 Å². The van der Waals surface area contributed by atoms with E-state index in [0.29, 0.717) is 12.8 Å². The van der Waals surface area contributed by atoms with E-state index in [0.717, 1.165) is 0 Å². The maximum Gasteiger partial charge on any atom is 0.315 e. The van der Waals surface area contributed by atoms with Crippen molar-refractivity contribution in [2.45, 2.75) is 46.1 Å². The summed E-state index contributed by atoms with van der Waals surface area (Å²) in [6.07, 6.45) is 6.16. The van der Waals surface area contributed by atoms with E-state index >= 15 is 0 Å². The molecule has 0 aliphatic carbocycles. The van der Waals surface area contributed by atoms with E-state index in [1.165, 1.54) is 0 Å². The Balaban J connectivity index is 4.52. The molecule has 3 N–H and O–H groups in total. The average molecular weight is 254 g/mol. The molecule has 0 fully saturated rings. The fourth-order valence-corrected chi connectivity index (χ4v) is 1.49. The molecule has 0 atom stereocenters. The highest BCUT2D eigenvalue weighted by Gasteiger charge is 2.35. The summed E-state index contributed by atoms with van der Waals surface area (Å²) in [6.45, 7) is 7.06. The molecule has 0 aliphatic rings. The lowest BCUT2D eigenvalue weighted by atomic mass is 9.82. The van der Waals surface area contributed by atoms with Crippen molar-refractivity contribution >= 4 is 12.0 Å². The summed E-state index contributed by atoms with van der Waals surface area (Å²) in [6, 6.07) is -0.453. The summed E-state index contributed by atoms with van der Waals surface area (Å²) >= 11 is 0. The second kappa shape index (κ2) is 6.29. The number of carboxylic acids is 1. The van der Waals surface area contributed by atoms with Crippen LogP contribution in [-0.4, -0.2) is 29.2 Å². The molecule has 0 aromatic rings. The second-order valence-electron chi connectivity index (χ2n) is 4.87. The Bertz CT molecular complexity index is 352.